The van der Waals surface area contributed by atoms with Gasteiger partial charge in [0.15, 0.2) is 11.5 Å². The zero-order chi connectivity index (χ0) is 15.6. The van der Waals surface area contributed by atoms with Crippen LogP contribution in [0.25, 0.3) is 0 Å². The predicted molar refractivity (Wildman–Crippen MR) is 78.1 cm³/mol. The number of aliphatic hydroxyl groups excluding tert-OH is 1. The lowest BCUT2D eigenvalue weighted by Gasteiger charge is -2.18. The minimum absolute atomic E-state index is 0.0140. The zero-order valence-corrected chi connectivity index (χ0v) is 13.3. The van der Waals surface area contributed by atoms with Gasteiger partial charge in [-0.3, -0.25) is 0 Å². The quantitative estimate of drug-likeness (QED) is 0.880. The smallest absolute Gasteiger partial charge is 0.243 e. The van der Waals surface area contributed by atoms with Gasteiger partial charge in [0, 0.05) is 19.2 Å². The molecule has 0 bridgehead atoms. The Hall–Kier alpha value is -1.31. The molecule has 7 heteroatoms. The van der Waals surface area contributed by atoms with E-state index in [1.807, 2.05) is 0 Å². The Labute approximate surface area is 125 Å². The van der Waals surface area contributed by atoms with E-state index in [0.717, 1.165) is 0 Å². The number of nitrogens with zero attached hydrogens (tertiary/aromatic N) is 1. The third-order valence-corrected chi connectivity index (χ3v) is 5.72. The molecule has 1 fully saturated rings. The molecule has 2 unspecified atom stereocenters. The van der Waals surface area contributed by atoms with Gasteiger partial charge in [-0.2, -0.15) is 4.31 Å². The summed E-state index contributed by atoms with van der Waals surface area (Å²) in [6.07, 6.45) is 0.167. The Morgan fingerprint density at radius 3 is 2.48 bits per heavy atom. The van der Waals surface area contributed by atoms with Gasteiger partial charge in [0.05, 0.1) is 25.2 Å². The summed E-state index contributed by atoms with van der Waals surface area (Å²) < 4.78 is 36.9. The lowest BCUT2D eigenvalue weighted by atomic mass is 10.0. The monoisotopic (exact) mass is 315 g/mol. The molecular weight excluding hydrogens is 294 g/mol. The Morgan fingerprint density at radius 1 is 1.29 bits per heavy atom. The van der Waals surface area contributed by atoms with Crippen LogP contribution in [0, 0.1) is 5.92 Å². The maximum Gasteiger partial charge on any atom is 0.243 e. The summed E-state index contributed by atoms with van der Waals surface area (Å²) >= 11 is 0. The van der Waals surface area contributed by atoms with E-state index in [4.69, 9.17) is 9.47 Å². The second-order valence-corrected chi connectivity index (χ2v) is 7.11. The minimum atomic E-state index is -3.58. The van der Waals surface area contributed by atoms with Gasteiger partial charge in [-0.25, -0.2) is 8.42 Å². The molecule has 1 heterocycles. The van der Waals surface area contributed by atoms with Crippen molar-refractivity contribution in [1.29, 1.82) is 0 Å². The van der Waals surface area contributed by atoms with Crippen molar-refractivity contribution in [3.05, 3.63) is 18.2 Å². The van der Waals surface area contributed by atoms with Crippen molar-refractivity contribution in [1.82, 2.24) is 4.31 Å². The average molecular weight is 315 g/mol. The number of rotatable bonds is 5. The van der Waals surface area contributed by atoms with E-state index in [1.54, 1.807) is 13.0 Å². The first kappa shape index (κ1) is 16.1. The molecular formula is C14H21NO5S. The van der Waals surface area contributed by atoms with E-state index >= 15 is 0 Å². The van der Waals surface area contributed by atoms with Gasteiger partial charge < -0.3 is 14.6 Å². The number of aliphatic hydroxyl groups is 1. The van der Waals surface area contributed by atoms with E-state index in [1.165, 1.54) is 30.7 Å². The summed E-state index contributed by atoms with van der Waals surface area (Å²) in [7, 11) is -0.610. The van der Waals surface area contributed by atoms with Crippen LogP contribution in [0.2, 0.25) is 0 Å². The van der Waals surface area contributed by atoms with Crippen LogP contribution < -0.4 is 9.47 Å². The molecule has 1 N–H and O–H groups in total. The Bertz CT molecular complexity index is 599. The van der Waals surface area contributed by atoms with Gasteiger partial charge in [0.2, 0.25) is 10.0 Å². The maximum absolute atomic E-state index is 12.6. The fourth-order valence-corrected chi connectivity index (χ4v) is 4.02. The summed E-state index contributed by atoms with van der Waals surface area (Å²) in [6, 6.07) is 4.55. The van der Waals surface area contributed by atoms with E-state index in [2.05, 4.69) is 0 Å². The molecule has 1 aromatic rings. The van der Waals surface area contributed by atoms with E-state index in [9.17, 15) is 13.5 Å². The van der Waals surface area contributed by atoms with Gasteiger partial charge in [0.25, 0.3) is 0 Å². The molecule has 0 aromatic heterocycles. The van der Waals surface area contributed by atoms with Crippen LogP contribution in [-0.2, 0) is 10.0 Å². The zero-order valence-electron chi connectivity index (χ0n) is 12.4. The minimum Gasteiger partial charge on any atom is -0.493 e. The van der Waals surface area contributed by atoms with Crippen LogP contribution in [0.3, 0.4) is 0 Å². The topological polar surface area (TPSA) is 76.1 Å². The average Bonchev–Trinajstić information content (AvgIpc) is 2.97. The van der Waals surface area contributed by atoms with Gasteiger partial charge in [-0.15, -0.1) is 0 Å². The maximum atomic E-state index is 12.6. The molecule has 2 rings (SSSR count). The summed E-state index contributed by atoms with van der Waals surface area (Å²) in [5, 5.41) is 9.60. The normalized spacial score (nSPS) is 21.2. The predicted octanol–water partition coefficient (Wildman–Crippen LogP) is 1.10. The number of methoxy groups -OCH3 is 2. The highest BCUT2D eigenvalue weighted by Crippen LogP contribution is 2.32. The van der Waals surface area contributed by atoms with Crippen LogP contribution >= 0.6 is 0 Å². The third-order valence-electron chi connectivity index (χ3n) is 3.86. The molecule has 2 atom stereocenters. The summed E-state index contributed by atoms with van der Waals surface area (Å²) in [6.45, 7) is 2.46. The first-order chi connectivity index (χ1) is 9.90. The number of ether oxygens (including phenoxy) is 2. The van der Waals surface area contributed by atoms with Gasteiger partial charge >= 0.3 is 0 Å². The van der Waals surface area contributed by atoms with Crippen molar-refractivity contribution < 1.29 is 23.0 Å². The van der Waals surface area contributed by atoms with Crippen LogP contribution in [0.1, 0.15) is 13.3 Å². The largest absolute Gasteiger partial charge is 0.493 e. The lowest BCUT2D eigenvalue weighted by molar-refractivity contribution is 0.133. The molecule has 1 aromatic carbocycles. The summed E-state index contributed by atoms with van der Waals surface area (Å²) in [5.74, 6) is 0.851. The Kier molecular flexibility index (Phi) is 4.75. The van der Waals surface area contributed by atoms with Crippen molar-refractivity contribution in [3.63, 3.8) is 0 Å². The molecule has 1 aliphatic heterocycles. The first-order valence-electron chi connectivity index (χ1n) is 6.80. The number of hydrogen-bond acceptors (Lipinski definition) is 5. The van der Waals surface area contributed by atoms with Crippen LogP contribution in [0.15, 0.2) is 23.1 Å². The summed E-state index contributed by atoms with van der Waals surface area (Å²) in [4.78, 5) is 0.173. The van der Waals surface area contributed by atoms with E-state index in [0.29, 0.717) is 31.0 Å². The first-order valence-corrected chi connectivity index (χ1v) is 8.24. The van der Waals surface area contributed by atoms with Gasteiger partial charge in [0.1, 0.15) is 0 Å². The fourth-order valence-electron chi connectivity index (χ4n) is 2.49. The van der Waals surface area contributed by atoms with Gasteiger partial charge in [-0.05, 0) is 31.4 Å². The molecule has 1 aliphatic rings. The lowest BCUT2D eigenvalue weighted by Crippen LogP contribution is -2.30. The Balaban J connectivity index is 2.28. The molecule has 0 saturated carbocycles. The van der Waals surface area contributed by atoms with Gasteiger partial charge in [-0.1, -0.05) is 0 Å². The van der Waals surface area contributed by atoms with Crippen molar-refractivity contribution in [2.24, 2.45) is 5.92 Å². The SMILES string of the molecule is COc1ccc(S(=O)(=O)N2CCC(C(C)O)C2)cc1OC. The molecule has 0 radical (unpaired) electrons. The van der Waals surface area contributed by atoms with Crippen molar-refractivity contribution in [2.75, 3.05) is 27.3 Å². The van der Waals surface area contributed by atoms with E-state index in [-0.39, 0.29) is 10.8 Å². The van der Waals surface area contributed by atoms with Crippen molar-refractivity contribution in [3.8, 4) is 11.5 Å². The number of sulfonamides is 1. The standard InChI is InChI=1S/C14H21NO5S/c1-10(16)11-6-7-15(9-11)21(17,18)12-4-5-13(19-2)14(8-12)20-3/h4-5,8,10-11,16H,6-7,9H2,1-3H3. The number of benzene rings is 1. The van der Waals surface area contributed by atoms with E-state index < -0.39 is 16.1 Å². The van der Waals surface area contributed by atoms with Crippen LogP contribution in [0.4, 0.5) is 0 Å². The fraction of sp³-hybridized carbons (Fsp3) is 0.571. The molecule has 0 amide bonds. The number of hydrogen-bond donors (Lipinski definition) is 1. The second-order valence-electron chi connectivity index (χ2n) is 5.17. The van der Waals surface area contributed by atoms with Crippen LogP contribution in [0.5, 0.6) is 11.5 Å². The van der Waals surface area contributed by atoms with Crippen molar-refractivity contribution >= 4 is 10.0 Å². The highest BCUT2D eigenvalue weighted by Gasteiger charge is 2.34. The molecule has 6 nitrogen and oxygen atoms in total. The van der Waals surface area contributed by atoms with Crippen LogP contribution in [-0.4, -0.2) is 51.2 Å². The summed E-state index contributed by atoms with van der Waals surface area (Å²) in [5.41, 5.74) is 0. The molecule has 0 spiro atoms. The second kappa shape index (κ2) is 6.21. The molecule has 1 saturated heterocycles. The third kappa shape index (κ3) is 3.14. The molecule has 118 valence electrons. The van der Waals surface area contributed by atoms with Crippen molar-refractivity contribution in [2.45, 2.75) is 24.3 Å². The molecule has 21 heavy (non-hydrogen) atoms. The molecule has 0 aliphatic carbocycles. The highest BCUT2D eigenvalue weighted by atomic mass is 32.2. The highest BCUT2D eigenvalue weighted by molar-refractivity contribution is 7.89. The Morgan fingerprint density at radius 2 is 1.95 bits per heavy atom.